The number of amidine groups is 1. The number of thioether (sulfide) groups is 1. The van der Waals surface area contributed by atoms with Gasteiger partial charge in [-0.25, -0.2) is 14.7 Å². The molecule has 0 saturated carbocycles. The molecule has 2 heterocycles. The van der Waals surface area contributed by atoms with Gasteiger partial charge in [0.25, 0.3) is 0 Å². The quantitative estimate of drug-likeness (QED) is 0.148. The Bertz CT molecular complexity index is 1810. The number of hydrogen-bond donors (Lipinski definition) is 1. The van der Waals surface area contributed by atoms with Gasteiger partial charge in [-0.3, -0.25) is 15.1 Å². The lowest BCUT2D eigenvalue weighted by molar-refractivity contribution is -0.274. The molecule has 1 aromatic heterocycles. The fourth-order valence-corrected chi connectivity index (χ4v) is 6.14. The lowest BCUT2D eigenvalue weighted by atomic mass is 9.99. The molecule has 1 atom stereocenters. The minimum atomic E-state index is -4.76. The van der Waals surface area contributed by atoms with E-state index < -0.39 is 6.36 Å². The number of benzene rings is 3. The molecule has 1 aliphatic rings. The van der Waals surface area contributed by atoms with Gasteiger partial charge in [0.05, 0.1) is 23.2 Å². The van der Waals surface area contributed by atoms with Gasteiger partial charge in [-0.15, -0.1) is 18.3 Å². The molecule has 3 aromatic carbocycles. The van der Waals surface area contributed by atoms with E-state index in [-0.39, 0.29) is 34.5 Å². The molecule has 1 aliphatic heterocycles. The molecule has 0 spiro atoms. The van der Waals surface area contributed by atoms with Crippen molar-refractivity contribution in [1.29, 1.82) is 0 Å². The Hall–Kier alpha value is -4.47. The van der Waals surface area contributed by atoms with Crippen molar-refractivity contribution in [2.24, 2.45) is 4.99 Å². The number of alkyl halides is 3. The van der Waals surface area contributed by atoms with E-state index in [1.54, 1.807) is 4.90 Å². The summed E-state index contributed by atoms with van der Waals surface area (Å²) in [6, 6.07) is 19.1. The maximum Gasteiger partial charge on any atom is 0.573 e. The van der Waals surface area contributed by atoms with Crippen LogP contribution in [0.25, 0.3) is 17.1 Å². The zero-order valence-corrected chi connectivity index (χ0v) is 28.8. The third-order valence-corrected chi connectivity index (χ3v) is 8.79. The van der Waals surface area contributed by atoms with Gasteiger partial charge in [-0.05, 0) is 72.6 Å². The van der Waals surface area contributed by atoms with Crippen LogP contribution in [0.2, 0.25) is 0 Å². The Labute approximate surface area is 286 Å². The first-order valence-corrected chi connectivity index (χ1v) is 16.4. The topological polar surface area (TPSA) is 91.1 Å². The number of carbonyl (C=O) groups excluding carboxylic acids is 1. The lowest BCUT2D eigenvalue weighted by Crippen LogP contribution is -2.40. The molecule has 1 amide bonds. The molecule has 5 rings (SSSR count). The zero-order valence-electron chi connectivity index (χ0n) is 27.2. The van der Waals surface area contributed by atoms with Gasteiger partial charge in [-0.2, -0.15) is 4.99 Å². The van der Waals surface area contributed by atoms with Crippen LogP contribution in [0, 0.1) is 0 Å². The van der Waals surface area contributed by atoms with Gasteiger partial charge in [0, 0.05) is 32.4 Å². The smallest absolute Gasteiger partial charge is 0.406 e. The number of aliphatic imine (C=N–C) groups is 1. The first-order valence-electron chi connectivity index (χ1n) is 15.0. The van der Waals surface area contributed by atoms with Gasteiger partial charge >= 0.3 is 6.36 Å². The standard InChI is InChI=1S/C33H35F3N8O2S2/c1-20(2)27-16-13-25(41(4)5)17-28(27)44-29(45)18-48-32(44)38-31(47)40-42(6)21(3)22-7-9-23(10-8-22)30-37-19-43(39-30)24-11-14-26(15-12-24)46-33(34,35)36/h7-17,19-21H,18H2,1-6H3,(H,40,47). The normalized spacial score (nSPS) is 15.0. The second-order valence-corrected chi connectivity index (χ2v) is 12.9. The summed E-state index contributed by atoms with van der Waals surface area (Å²) in [7, 11) is 5.79. The molecule has 0 radical (unpaired) electrons. The Morgan fingerprint density at radius 1 is 1.04 bits per heavy atom. The van der Waals surface area contributed by atoms with E-state index in [0.717, 1.165) is 28.1 Å². The predicted octanol–water partition coefficient (Wildman–Crippen LogP) is 6.94. The van der Waals surface area contributed by atoms with Crippen LogP contribution < -0.4 is 20.0 Å². The Balaban J connectivity index is 1.25. The molecule has 4 aromatic rings. The number of amides is 1. The van der Waals surface area contributed by atoms with Crippen LogP contribution in [0.1, 0.15) is 43.9 Å². The molecule has 1 saturated heterocycles. The van der Waals surface area contributed by atoms with Crippen molar-refractivity contribution in [3.8, 4) is 22.8 Å². The highest BCUT2D eigenvalue weighted by atomic mass is 32.2. The van der Waals surface area contributed by atoms with Crippen LogP contribution in [0.4, 0.5) is 24.5 Å². The van der Waals surface area contributed by atoms with Crippen molar-refractivity contribution >= 4 is 51.5 Å². The fraction of sp³-hybridized carbons (Fsp3) is 0.303. The number of nitrogens with zero attached hydrogens (tertiary/aromatic N) is 7. The SMILES string of the molecule is CC(C)c1ccc(N(C)C)cc1N1C(=O)CSC1=NC(=S)NN(C)C(C)c1ccc(-c2ncn(-c3ccc(OC(F)(F)F)cc3)n2)cc1. The number of anilines is 2. The number of aromatic nitrogens is 3. The number of hydrogen-bond acceptors (Lipinski definition) is 8. The largest absolute Gasteiger partial charge is 0.573 e. The maximum atomic E-state index is 13.1. The average molecular weight is 697 g/mol. The van der Waals surface area contributed by atoms with Gasteiger partial charge in [0.15, 0.2) is 11.0 Å². The van der Waals surface area contributed by atoms with Crippen LogP contribution in [-0.2, 0) is 4.79 Å². The van der Waals surface area contributed by atoms with Crippen LogP contribution >= 0.6 is 24.0 Å². The third kappa shape index (κ3) is 8.14. The summed E-state index contributed by atoms with van der Waals surface area (Å²) in [6.45, 7) is 6.21. The fourth-order valence-electron chi connectivity index (χ4n) is 4.99. The number of ether oxygens (including phenoxy) is 1. The predicted molar refractivity (Wildman–Crippen MR) is 188 cm³/mol. The molecular formula is C33H35F3N8O2S2. The summed E-state index contributed by atoms with van der Waals surface area (Å²) in [4.78, 5) is 25.8. The third-order valence-electron chi connectivity index (χ3n) is 7.69. The van der Waals surface area contributed by atoms with Gasteiger partial charge in [0.2, 0.25) is 11.0 Å². The summed E-state index contributed by atoms with van der Waals surface area (Å²) in [5, 5.41) is 7.07. The molecule has 1 unspecified atom stereocenters. The molecule has 10 nitrogen and oxygen atoms in total. The second kappa shape index (κ2) is 14.3. The summed E-state index contributed by atoms with van der Waals surface area (Å²) >= 11 is 6.97. The van der Waals surface area contributed by atoms with Crippen molar-refractivity contribution in [3.05, 3.63) is 84.2 Å². The van der Waals surface area contributed by atoms with Crippen LogP contribution in [0.5, 0.6) is 5.75 Å². The molecule has 0 aliphatic carbocycles. The zero-order chi connectivity index (χ0) is 34.7. The van der Waals surface area contributed by atoms with Crippen LogP contribution in [-0.4, -0.2) is 69.2 Å². The minimum absolute atomic E-state index is 0.0473. The summed E-state index contributed by atoms with van der Waals surface area (Å²) in [5.74, 6) is 0.574. The Morgan fingerprint density at radius 2 is 1.73 bits per heavy atom. The number of hydrazine groups is 1. The van der Waals surface area contributed by atoms with Gasteiger partial charge in [-0.1, -0.05) is 55.9 Å². The summed E-state index contributed by atoms with van der Waals surface area (Å²) < 4.78 is 42.8. The Kier molecular flexibility index (Phi) is 10.4. The number of halogens is 3. The van der Waals surface area contributed by atoms with E-state index in [1.807, 2.05) is 74.4 Å². The molecule has 252 valence electrons. The molecular weight excluding hydrogens is 662 g/mol. The first-order chi connectivity index (χ1) is 22.7. The second-order valence-electron chi connectivity index (χ2n) is 11.6. The van der Waals surface area contributed by atoms with Gasteiger partial charge in [0.1, 0.15) is 12.1 Å². The van der Waals surface area contributed by atoms with E-state index in [4.69, 9.17) is 12.2 Å². The highest BCUT2D eigenvalue weighted by Crippen LogP contribution is 2.36. The molecule has 48 heavy (non-hydrogen) atoms. The van der Waals surface area contributed by atoms with E-state index >= 15 is 0 Å². The monoisotopic (exact) mass is 696 g/mol. The number of rotatable bonds is 9. The van der Waals surface area contributed by atoms with E-state index in [1.165, 1.54) is 47.0 Å². The molecule has 15 heteroatoms. The van der Waals surface area contributed by atoms with Gasteiger partial charge < -0.3 is 9.64 Å². The van der Waals surface area contributed by atoms with Crippen molar-refractivity contribution in [1.82, 2.24) is 25.2 Å². The minimum Gasteiger partial charge on any atom is -0.406 e. The average Bonchev–Trinajstić information content (AvgIpc) is 3.67. The van der Waals surface area contributed by atoms with Crippen molar-refractivity contribution in [3.63, 3.8) is 0 Å². The highest BCUT2D eigenvalue weighted by Gasteiger charge is 2.33. The van der Waals surface area contributed by atoms with E-state index in [0.29, 0.717) is 16.7 Å². The molecule has 1 fully saturated rings. The Morgan fingerprint density at radius 3 is 2.35 bits per heavy atom. The number of carbonyl (C=O) groups is 1. The molecule has 0 bridgehead atoms. The van der Waals surface area contributed by atoms with E-state index in [9.17, 15) is 18.0 Å². The summed E-state index contributed by atoms with van der Waals surface area (Å²) in [5.41, 5.74) is 8.28. The van der Waals surface area contributed by atoms with Crippen molar-refractivity contribution < 1.29 is 22.7 Å². The van der Waals surface area contributed by atoms with Crippen molar-refractivity contribution in [2.75, 3.05) is 36.7 Å². The molecule has 1 N–H and O–H groups in total. The van der Waals surface area contributed by atoms with Crippen LogP contribution in [0.3, 0.4) is 0 Å². The van der Waals surface area contributed by atoms with Crippen molar-refractivity contribution in [2.45, 2.75) is 39.1 Å². The number of thiocarbonyl (C=S) groups is 1. The lowest BCUT2D eigenvalue weighted by Gasteiger charge is -2.27. The van der Waals surface area contributed by atoms with Crippen LogP contribution in [0.15, 0.2) is 78.0 Å². The van der Waals surface area contributed by atoms with E-state index in [2.05, 4.69) is 45.2 Å². The summed E-state index contributed by atoms with van der Waals surface area (Å²) in [6.07, 6.45) is -3.27. The first kappa shape index (κ1) is 34.9. The highest BCUT2D eigenvalue weighted by molar-refractivity contribution is 8.15. The maximum absolute atomic E-state index is 13.1. The number of nitrogens with one attached hydrogen (secondary N) is 1.